The lowest BCUT2D eigenvalue weighted by molar-refractivity contribution is 0.125. The Labute approximate surface area is 176 Å². The van der Waals surface area contributed by atoms with Crippen LogP contribution in [0.25, 0.3) is 0 Å². The van der Waals surface area contributed by atoms with Crippen molar-refractivity contribution in [2.24, 2.45) is 11.0 Å². The molecule has 30 heavy (non-hydrogen) atoms. The summed E-state index contributed by atoms with van der Waals surface area (Å²) in [6.07, 6.45) is 0. The maximum absolute atomic E-state index is 14.0. The van der Waals surface area contributed by atoms with Crippen LogP contribution in [0.2, 0.25) is 0 Å². The van der Waals surface area contributed by atoms with Crippen molar-refractivity contribution in [1.29, 1.82) is 0 Å². The van der Waals surface area contributed by atoms with E-state index in [4.69, 9.17) is 9.84 Å². The maximum atomic E-state index is 14.0. The van der Waals surface area contributed by atoms with Crippen molar-refractivity contribution in [3.63, 3.8) is 0 Å². The Morgan fingerprint density at radius 2 is 1.97 bits per heavy atom. The highest BCUT2D eigenvalue weighted by atomic mass is 19.1. The molecule has 0 spiro atoms. The second-order valence-corrected chi connectivity index (χ2v) is 7.91. The first kappa shape index (κ1) is 20.3. The summed E-state index contributed by atoms with van der Waals surface area (Å²) in [7, 11) is 3.97. The summed E-state index contributed by atoms with van der Waals surface area (Å²) in [6, 6.07) is 13.9. The Morgan fingerprint density at radius 1 is 1.20 bits per heavy atom. The number of hydrogen-bond acceptors (Lipinski definition) is 4. The fourth-order valence-corrected chi connectivity index (χ4v) is 4.04. The lowest BCUT2D eigenvalue weighted by Crippen LogP contribution is -2.44. The summed E-state index contributed by atoms with van der Waals surface area (Å²) in [5, 5.41) is 6.31. The highest BCUT2D eigenvalue weighted by Crippen LogP contribution is 2.43. The molecule has 0 saturated heterocycles. The number of likely N-dealkylation sites (N-methyl/N-ethyl adjacent to an activating group) is 2. The van der Waals surface area contributed by atoms with Crippen LogP contribution in [-0.2, 0) is 0 Å². The second kappa shape index (κ2) is 8.44. The third kappa shape index (κ3) is 3.77. The van der Waals surface area contributed by atoms with E-state index in [0.717, 1.165) is 12.1 Å². The van der Waals surface area contributed by atoms with E-state index < -0.39 is 0 Å². The number of nitrogens with zero attached hydrogens (tertiary/aromatic N) is 4. The average molecular weight is 410 g/mol. The van der Waals surface area contributed by atoms with Crippen molar-refractivity contribution in [1.82, 2.24) is 14.8 Å². The first-order valence-electron chi connectivity index (χ1n) is 10.3. The number of carbonyl (C=O) groups excluding carboxylic acids is 1. The highest BCUT2D eigenvalue weighted by molar-refractivity contribution is 6.07. The molecule has 0 aromatic heterocycles. The quantitative estimate of drug-likeness (QED) is 0.757. The molecule has 0 N–H and O–H groups in total. The van der Waals surface area contributed by atoms with Gasteiger partial charge in [-0.15, -0.1) is 0 Å². The van der Waals surface area contributed by atoms with Crippen LogP contribution in [0.3, 0.4) is 0 Å². The molecule has 158 valence electrons. The van der Waals surface area contributed by atoms with Gasteiger partial charge in [0.1, 0.15) is 11.6 Å². The molecule has 2 aromatic rings. The van der Waals surface area contributed by atoms with Gasteiger partial charge in [-0.2, -0.15) is 5.10 Å². The van der Waals surface area contributed by atoms with Gasteiger partial charge < -0.3 is 14.5 Å². The van der Waals surface area contributed by atoms with Crippen molar-refractivity contribution in [3.8, 4) is 5.75 Å². The van der Waals surface area contributed by atoms with E-state index in [1.165, 1.54) is 12.1 Å². The average Bonchev–Trinajstić information content (AvgIpc) is 3.14. The fourth-order valence-electron chi connectivity index (χ4n) is 4.04. The number of fused-ring (bicyclic) bond motifs is 3. The molecule has 0 radical (unpaired) electrons. The fraction of sp³-hybridized carbons (Fsp3) is 0.391. The van der Waals surface area contributed by atoms with Crippen LogP contribution < -0.4 is 4.74 Å². The lowest BCUT2D eigenvalue weighted by atomic mass is 9.86. The van der Waals surface area contributed by atoms with E-state index >= 15 is 0 Å². The number of carbonyl (C=O) groups is 1. The lowest BCUT2D eigenvalue weighted by Gasteiger charge is -2.32. The second-order valence-electron chi connectivity index (χ2n) is 7.91. The van der Waals surface area contributed by atoms with Gasteiger partial charge in [0, 0.05) is 25.2 Å². The number of amides is 2. The highest BCUT2D eigenvalue weighted by Gasteiger charge is 2.46. The van der Waals surface area contributed by atoms with Gasteiger partial charge >= 0.3 is 6.03 Å². The van der Waals surface area contributed by atoms with Gasteiger partial charge in [-0.1, -0.05) is 30.3 Å². The minimum Gasteiger partial charge on any atom is -0.492 e. The van der Waals surface area contributed by atoms with Crippen LogP contribution in [0.15, 0.2) is 53.6 Å². The monoisotopic (exact) mass is 410 g/mol. The molecule has 2 aliphatic heterocycles. The zero-order chi connectivity index (χ0) is 21.3. The number of urea groups is 1. The Hall–Kier alpha value is -2.93. The van der Waals surface area contributed by atoms with Gasteiger partial charge in [0.05, 0.1) is 24.3 Å². The summed E-state index contributed by atoms with van der Waals surface area (Å²) in [6.45, 7) is 4.32. The van der Waals surface area contributed by atoms with Gasteiger partial charge in [0.25, 0.3) is 0 Å². The summed E-state index contributed by atoms with van der Waals surface area (Å²) < 4.78 is 19.9. The molecule has 6 nitrogen and oxygen atoms in total. The zero-order valence-corrected chi connectivity index (χ0v) is 17.6. The molecule has 2 amide bonds. The minimum absolute atomic E-state index is 0.145. The Bertz CT molecular complexity index is 947. The number of hydrazone groups is 1. The molecule has 4 rings (SSSR count). The molecule has 2 atom stereocenters. The first-order chi connectivity index (χ1) is 14.5. The SMILES string of the molecule is CCN(CCN(C)C)C(=O)N1N=C2c3cc(F)ccc3OCC2C1c1ccccc1. The van der Waals surface area contributed by atoms with Crippen LogP contribution in [0, 0.1) is 11.7 Å². The number of benzene rings is 2. The number of hydrogen-bond donors (Lipinski definition) is 0. The number of ether oxygens (including phenoxy) is 1. The number of rotatable bonds is 5. The molecule has 0 aliphatic carbocycles. The molecule has 2 aromatic carbocycles. The third-order valence-electron chi connectivity index (χ3n) is 5.65. The van der Waals surface area contributed by atoms with Gasteiger partial charge in [-0.25, -0.2) is 14.2 Å². The summed E-state index contributed by atoms with van der Waals surface area (Å²) in [5.74, 6) is 0.105. The van der Waals surface area contributed by atoms with Crippen molar-refractivity contribution in [3.05, 3.63) is 65.5 Å². The summed E-state index contributed by atoms with van der Waals surface area (Å²) in [5.41, 5.74) is 2.32. The molecule has 0 bridgehead atoms. The molecule has 7 heteroatoms. The Balaban J connectivity index is 1.73. The molecular weight excluding hydrogens is 383 g/mol. The van der Waals surface area contributed by atoms with Crippen molar-refractivity contribution >= 4 is 11.7 Å². The Kier molecular flexibility index (Phi) is 5.72. The first-order valence-corrected chi connectivity index (χ1v) is 10.3. The van der Waals surface area contributed by atoms with Gasteiger partial charge in [-0.3, -0.25) is 0 Å². The van der Waals surface area contributed by atoms with Crippen LogP contribution in [0.5, 0.6) is 5.75 Å². The minimum atomic E-state index is -0.345. The zero-order valence-electron chi connectivity index (χ0n) is 17.6. The van der Waals surface area contributed by atoms with Crippen molar-refractivity contribution < 1.29 is 13.9 Å². The Morgan fingerprint density at radius 3 is 2.67 bits per heavy atom. The molecule has 0 fully saturated rings. The number of halogens is 1. The van der Waals surface area contributed by atoms with E-state index in [0.29, 0.717) is 36.7 Å². The molecule has 2 aliphatic rings. The van der Waals surface area contributed by atoms with Crippen LogP contribution in [-0.4, -0.2) is 66.9 Å². The van der Waals surface area contributed by atoms with Crippen LogP contribution in [0.4, 0.5) is 9.18 Å². The third-order valence-corrected chi connectivity index (χ3v) is 5.65. The maximum Gasteiger partial charge on any atom is 0.341 e. The van der Waals surface area contributed by atoms with E-state index in [1.807, 2.05) is 56.3 Å². The van der Waals surface area contributed by atoms with Crippen molar-refractivity contribution in [2.75, 3.05) is 40.3 Å². The van der Waals surface area contributed by atoms with Gasteiger partial charge in [0.15, 0.2) is 0 Å². The van der Waals surface area contributed by atoms with Crippen LogP contribution >= 0.6 is 0 Å². The topological polar surface area (TPSA) is 48.4 Å². The normalized spacial score (nSPS) is 19.8. The van der Waals surface area contributed by atoms with Gasteiger partial charge in [-0.05, 0) is 44.8 Å². The molecule has 2 heterocycles. The van der Waals surface area contributed by atoms with E-state index in [-0.39, 0.29) is 23.8 Å². The summed E-state index contributed by atoms with van der Waals surface area (Å²) in [4.78, 5) is 17.4. The smallest absolute Gasteiger partial charge is 0.341 e. The molecule has 2 unspecified atom stereocenters. The molecule has 0 saturated carbocycles. The van der Waals surface area contributed by atoms with E-state index in [2.05, 4.69) is 0 Å². The standard InChI is InChI=1S/C23H27FN4O2/c1-4-27(13-12-26(2)3)23(29)28-22(16-8-6-5-7-9-16)19-15-30-20-11-10-17(24)14-18(20)21(19)25-28/h5-11,14,19,22H,4,12-13,15H2,1-3H3. The van der Waals surface area contributed by atoms with Crippen LogP contribution in [0.1, 0.15) is 24.1 Å². The predicted octanol–water partition coefficient (Wildman–Crippen LogP) is 3.60. The largest absolute Gasteiger partial charge is 0.492 e. The van der Waals surface area contributed by atoms with Gasteiger partial charge in [0.2, 0.25) is 0 Å². The van der Waals surface area contributed by atoms with E-state index in [1.54, 1.807) is 16.0 Å². The van der Waals surface area contributed by atoms with Crippen molar-refractivity contribution in [2.45, 2.75) is 13.0 Å². The summed E-state index contributed by atoms with van der Waals surface area (Å²) >= 11 is 0. The molecular formula is C23H27FN4O2. The predicted molar refractivity (Wildman–Crippen MR) is 114 cm³/mol. The van der Waals surface area contributed by atoms with E-state index in [9.17, 15) is 9.18 Å².